The highest BCUT2D eigenvalue weighted by Crippen LogP contribution is 2.28. The van der Waals surface area contributed by atoms with Gasteiger partial charge in [-0.15, -0.1) is 0 Å². The van der Waals surface area contributed by atoms with Gasteiger partial charge >= 0.3 is 5.97 Å². The van der Waals surface area contributed by atoms with Gasteiger partial charge in [0.1, 0.15) is 0 Å². The summed E-state index contributed by atoms with van der Waals surface area (Å²) in [5.41, 5.74) is 4.49. The molecule has 7 heteroatoms. The molecule has 0 heterocycles. The third-order valence-corrected chi connectivity index (χ3v) is 4.80. The molecule has 0 saturated heterocycles. The number of nitrogens with zero attached hydrogens (tertiary/aromatic N) is 1. The average molecular weight is 479 g/mol. The molecule has 1 N–H and O–H groups in total. The number of halogens is 1. The standard InChI is InChI=1S/C24H19BrN2O4/c1-30-22-15-18(16-26-27-24(29)19-9-5-6-10-20(19)25)11-13-21(22)31-23(28)14-12-17-7-3-2-4-8-17/h2-16H,1H3,(H,27,29)/b14-12+,26-16-. The fraction of sp³-hybridized carbons (Fsp3) is 0.0417. The summed E-state index contributed by atoms with van der Waals surface area (Å²) in [7, 11) is 1.47. The van der Waals surface area contributed by atoms with Crippen molar-refractivity contribution in [2.75, 3.05) is 7.11 Å². The monoisotopic (exact) mass is 478 g/mol. The summed E-state index contributed by atoms with van der Waals surface area (Å²) in [6.45, 7) is 0. The molecule has 0 atom stereocenters. The lowest BCUT2D eigenvalue weighted by atomic mass is 10.2. The lowest BCUT2D eigenvalue weighted by Gasteiger charge is -2.08. The van der Waals surface area contributed by atoms with Crippen molar-refractivity contribution in [2.45, 2.75) is 0 Å². The second-order valence-corrected chi connectivity index (χ2v) is 7.11. The number of nitrogens with one attached hydrogen (secondary N) is 1. The van der Waals surface area contributed by atoms with Crippen molar-refractivity contribution < 1.29 is 19.1 Å². The predicted molar refractivity (Wildman–Crippen MR) is 123 cm³/mol. The summed E-state index contributed by atoms with van der Waals surface area (Å²) < 4.78 is 11.3. The van der Waals surface area contributed by atoms with Gasteiger partial charge in [-0.1, -0.05) is 42.5 Å². The van der Waals surface area contributed by atoms with Gasteiger partial charge in [0.2, 0.25) is 0 Å². The van der Waals surface area contributed by atoms with Gasteiger partial charge in [-0.3, -0.25) is 4.79 Å². The zero-order valence-electron chi connectivity index (χ0n) is 16.6. The van der Waals surface area contributed by atoms with Crippen molar-refractivity contribution in [2.24, 2.45) is 5.10 Å². The van der Waals surface area contributed by atoms with Gasteiger partial charge in [0.05, 0.1) is 18.9 Å². The van der Waals surface area contributed by atoms with Gasteiger partial charge in [-0.2, -0.15) is 5.10 Å². The van der Waals surface area contributed by atoms with Gasteiger partial charge in [0, 0.05) is 10.5 Å². The van der Waals surface area contributed by atoms with Crippen LogP contribution in [0.1, 0.15) is 21.5 Å². The van der Waals surface area contributed by atoms with Crippen LogP contribution in [0.4, 0.5) is 0 Å². The van der Waals surface area contributed by atoms with E-state index in [4.69, 9.17) is 9.47 Å². The van der Waals surface area contributed by atoms with Crippen LogP contribution in [0.3, 0.4) is 0 Å². The summed E-state index contributed by atoms with van der Waals surface area (Å²) >= 11 is 3.33. The molecule has 6 nitrogen and oxygen atoms in total. The van der Waals surface area contributed by atoms with Crippen LogP contribution >= 0.6 is 15.9 Å². The van der Waals surface area contributed by atoms with Crippen LogP contribution in [0.15, 0.2) is 88.4 Å². The Kier molecular flexibility index (Phi) is 7.73. The minimum absolute atomic E-state index is 0.277. The van der Waals surface area contributed by atoms with Crippen LogP contribution < -0.4 is 14.9 Å². The Bertz CT molecular complexity index is 1130. The maximum Gasteiger partial charge on any atom is 0.336 e. The Morgan fingerprint density at radius 1 is 0.935 bits per heavy atom. The van der Waals surface area contributed by atoms with Gasteiger partial charge < -0.3 is 9.47 Å². The first kappa shape index (κ1) is 22.0. The number of hydrogen-bond donors (Lipinski definition) is 1. The molecular formula is C24H19BrN2O4. The van der Waals surface area contributed by atoms with E-state index in [0.717, 1.165) is 5.56 Å². The highest BCUT2D eigenvalue weighted by molar-refractivity contribution is 9.10. The molecule has 0 spiro atoms. The Hall–Kier alpha value is -3.71. The van der Waals surface area contributed by atoms with Crippen molar-refractivity contribution in [3.05, 3.63) is 100 Å². The van der Waals surface area contributed by atoms with E-state index in [0.29, 0.717) is 21.3 Å². The largest absolute Gasteiger partial charge is 0.493 e. The molecular weight excluding hydrogens is 460 g/mol. The average Bonchev–Trinajstić information content (AvgIpc) is 2.79. The molecule has 0 saturated carbocycles. The van der Waals surface area contributed by atoms with E-state index in [-0.39, 0.29) is 11.7 Å². The predicted octanol–water partition coefficient (Wildman–Crippen LogP) is 4.84. The lowest BCUT2D eigenvalue weighted by molar-refractivity contribution is -0.129. The SMILES string of the molecule is COc1cc(/C=N\NC(=O)c2ccccc2Br)ccc1OC(=O)/C=C/c1ccccc1. The normalized spacial score (nSPS) is 10.9. The van der Waals surface area contributed by atoms with Gasteiger partial charge in [-0.05, 0) is 63.5 Å². The molecule has 0 aliphatic rings. The summed E-state index contributed by atoms with van der Waals surface area (Å²) in [4.78, 5) is 24.3. The smallest absolute Gasteiger partial charge is 0.336 e. The first-order chi connectivity index (χ1) is 15.1. The highest BCUT2D eigenvalue weighted by Gasteiger charge is 2.10. The number of hydrazone groups is 1. The molecule has 0 aliphatic heterocycles. The van der Waals surface area contributed by atoms with Gasteiger partial charge in [-0.25, -0.2) is 10.2 Å². The molecule has 0 radical (unpaired) electrons. The molecule has 0 unspecified atom stereocenters. The molecule has 0 aliphatic carbocycles. The second-order valence-electron chi connectivity index (χ2n) is 6.25. The molecule has 3 aromatic rings. The maximum absolute atomic E-state index is 12.2. The number of carbonyl (C=O) groups excluding carboxylic acids is 2. The van der Waals surface area contributed by atoms with Crippen molar-refractivity contribution in [3.63, 3.8) is 0 Å². The quantitative estimate of drug-likeness (QED) is 0.173. The Balaban J connectivity index is 1.63. The fourth-order valence-corrected chi connectivity index (χ4v) is 3.06. The highest BCUT2D eigenvalue weighted by atomic mass is 79.9. The number of amides is 1. The third kappa shape index (κ3) is 6.38. The number of methoxy groups -OCH3 is 1. The molecule has 1 amide bonds. The molecule has 31 heavy (non-hydrogen) atoms. The summed E-state index contributed by atoms with van der Waals surface area (Å²) in [6.07, 6.45) is 4.49. The fourth-order valence-electron chi connectivity index (χ4n) is 2.59. The van der Waals surface area contributed by atoms with E-state index in [9.17, 15) is 9.59 Å². The van der Waals surface area contributed by atoms with E-state index in [2.05, 4.69) is 26.5 Å². The molecule has 0 aromatic heterocycles. The number of hydrogen-bond acceptors (Lipinski definition) is 5. The molecule has 3 aromatic carbocycles. The number of esters is 1. The molecule has 0 fully saturated rings. The number of carbonyl (C=O) groups is 2. The van der Waals surface area contributed by atoms with Gasteiger partial charge in [0.15, 0.2) is 11.5 Å². The maximum atomic E-state index is 12.2. The first-order valence-electron chi connectivity index (χ1n) is 9.28. The van der Waals surface area contributed by atoms with Gasteiger partial charge in [0.25, 0.3) is 5.91 Å². The zero-order valence-corrected chi connectivity index (χ0v) is 18.2. The number of rotatable bonds is 7. The minimum atomic E-state index is -0.524. The Labute approximate surface area is 188 Å². The molecule has 3 rings (SSSR count). The summed E-state index contributed by atoms with van der Waals surface area (Å²) in [5, 5.41) is 3.97. The van der Waals surface area contributed by atoms with Crippen LogP contribution in [-0.4, -0.2) is 25.2 Å². The van der Waals surface area contributed by atoms with Crippen molar-refractivity contribution >= 4 is 40.1 Å². The third-order valence-electron chi connectivity index (χ3n) is 4.11. The van der Waals surface area contributed by atoms with Crippen molar-refractivity contribution in [1.82, 2.24) is 5.43 Å². The summed E-state index contributed by atoms with van der Waals surface area (Å²) in [5.74, 6) is -0.224. The second kappa shape index (κ2) is 10.9. The summed E-state index contributed by atoms with van der Waals surface area (Å²) in [6, 6.07) is 21.4. The van der Waals surface area contributed by atoms with Crippen LogP contribution in [-0.2, 0) is 4.79 Å². The van der Waals surface area contributed by atoms with Crippen LogP contribution in [0.25, 0.3) is 6.08 Å². The Morgan fingerprint density at radius 3 is 2.42 bits per heavy atom. The first-order valence-corrected chi connectivity index (χ1v) is 10.1. The number of ether oxygens (including phenoxy) is 2. The van der Waals surface area contributed by atoms with E-state index < -0.39 is 5.97 Å². The molecule has 0 bridgehead atoms. The zero-order chi connectivity index (χ0) is 22.1. The van der Waals surface area contributed by atoms with Crippen LogP contribution in [0.5, 0.6) is 11.5 Å². The van der Waals surface area contributed by atoms with E-state index in [1.807, 2.05) is 36.4 Å². The Morgan fingerprint density at radius 2 is 1.68 bits per heavy atom. The van der Waals surface area contributed by atoms with E-state index in [1.165, 1.54) is 19.4 Å². The topological polar surface area (TPSA) is 77.0 Å². The van der Waals surface area contributed by atoms with E-state index in [1.54, 1.807) is 42.5 Å². The van der Waals surface area contributed by atoms with Crippen LogP contribution in [0.2, 0.25) is 0 Å². The van der Waals surface area contributed by atoms with E-state index >= 15 is 0 Å². The van der Waals surface area contributed by atoms with Crippen molar-refractivity contribution in [3.8, 4) is 11.5 Å². The lowest BCUT2D eigenvalue weighted by Crippen LogP contribution is -2.18. The minimum Gasteiger partial charge on any atom is -0.493 e. The van der Waals surface area contributed by atoms with Crippen molar-refractivity contribution in [1.29, 1.82) is 0 Å². The molecule has 156 valence electrons. The number of benzene rings is 3. The van der Waals surface area contributed by atoms with Crippen LogP contribution in [0, 0.1) is 0 Å².